The van der Waals surface area contributed by atoms with Gasteiger partial charge in [0.2, 0.25) is 5.91 Å². The highest BCUT2D eigenvalue weighted by atomic mass is 35.5. The maximum absolute atomic E-state index is 12.9. The zero-order chi connectivity index (χ0) is 23.6. The Bertz CT molecular complexity index is 1300. The van der Waals surface area contributed by atoms with E-state index in [2.05, 4.69) is 14.9 Å². The van der Waals surface area contributed by atoms with Crippen molar-refractivity contribution in [2.75, 3.05) is 11.9 Å². The van der Waals surface area contributed by atoms with E-state index in [4.69, 9.17) is 27.9 Å². The number of thiazole rings is 1. The fraction of sp³-hybridized carbons (Fsp3) is 0.280. The molecule has 2 aromatic heterocycles. The normalized spacial score (nSPS) is 11.8. The molecule has 0 saturated heterocycles. The van der Waals surface area contributed by atoms with Crippen LogP contribution in [0.15, 0.2) is 54.0 Å². The van der Waals surface area contributed by atoms with Crippen molar-refractivity contribution in [3.63, 3.8) is 0 Å². The Kier molecular flexibility index (Phi) is 7.10. The summed E-state index contributed by atoms with van der Waals surface area (Å²) in [6.45, 7) is 7.07. The first-order valence-corrected chi connectivity index (χ1v) is 12.3. The lowest BCUT2D eigenvalue weighted by Crippen LogP contribution is -2.22. The Morgan fingerprint density at radius 2 is 1.97 bits per heavy atom. The van der Waals surface area contributed by atoms with E-state index in [1.165, 1.54) is 11.3 Å². The molecule has 1 N–H and O–H groups in total. The molecule has 0 spiro atoms. The van der Waals surface area contributed by atoms with Crippen molar-refractivity contribution in [3.05, 3.63) is 80.9 Å². The highest BCUT2D eigenvalue weighted by Crippen LogP contribution is 2.30. The number of hydrogen-bond acceptors (Lipinski definition) is 4. The molecular formula is C25H25Cl2N3O2S. The Balaban J connectivity index is 1.56. The zero-order valence-electron chi connectivity index (χ0n) is 18.7. The number of fused-ring (bicyclic) bond motifs is 1. The Morgan fingerprint density at radius 1 is 1.18 bits per heavy atom. The van der Waals surface area contributed by atoms with Gasteiger partial charge in [0.25, 0.3) is 0 Å². The number of hydrogen-bond donors (Lipinski definition) is 1. The molecule has 8 heteroatoms. The van der Waals surface area contributed by atoms with Crippen molar-refractivity contribution in [1.82, 2.24) is 9.55 Å². The van der Waals surface area contributed by atoms with Crippen LogP contribution in [0.2, 0.25) is 10.0 Å². The fourth-order valence-corrected chi connectivity index (χ4v) is 5.06. The number of aromatic nitrogens is 2. The largest absolute Gasteiger partial charge is 0.370 e. The van der Waals surface area contributed by atoms with Gasteiger partial charge in [-0.25, -0.2) is 4.98 Å². The molecule has 0 aliphatic carbocycles. The van der Waals surface area contributed by atoms with Crippen LogP contribution >= 0.6 is 34.5 Å². The molecule has 0 aliphatic rings. The molecule has 33 heavy (non-hydrogen) atoms. The lowest BCUT2D eigenvalue weighted by molar-refractivity contribution is -0.115. The Labute approximate surface area is 207 Å². The monoisotopic (exact) mass is 501 g/mol. The van der Waals surface area contributed by atoms with E-state index in [1.807, 2.05) is 74.8 Å². The minimum Gasteiger partial charge on any atom is -0.370 e. The van der Waals surface area contributed by atoms with E-state index >= 15 is 0 Å². The van der Waals surface area contributed by atoms with Gasteiger partial charge in [-0.3, -0.25) is 4.79 Å². The molecule has 0 atom stereocenters. The van der Waals surface area contributed by atoms with Crippen LogP contribution in [0.25, 0.3) is 10.9 Å². The lowest BCUT2D eigenvalue weighted by Gasteiger charge is -2.22. The molecule has 172 valence electrons. The van der Waals surface area contributed by atoms with Crippen LogP contribution in [0, 0.1) is 0 Å². The number of carbonyl (C=O) groups excluding carboxylic acids is 1. The average Bonchev–Trinajstić information content (AvgIpc) is 3.35. The summed E-state index contributed by atoms with van der Waals surface area (Å²) in [6, 6.07) is 13.5. The Hall–Kier alpha value is -2.38. The lowest BCUT2D eigenvalue weighted by atomic mass is 10.1. The smallest absolute Gasteiger partial charge is 0.230 e. The second-order valence-corrected chi connectivity index (χ2v) is 9.94. The van der Waals surface area contributed by atoms with Gasteiger partial charge in [0.05, 0.1) is 12.1 Å². The summed E-state index contributed by atoms with van der Waals surface area (Å²) in [4.78, 5) is 17.4. The van der Waals surface area contributed by atoms with Crippen molar-refractivity contribution < 1.29 is 9.53 Å². The summed E-state index contributed by atoms with van der Waals surface area (Å²) in [7, 11) is 0. The van der Waals surface area contributed by atoms with Crippen LogP contribution in [0.5, 0.6) is 0 Å². The summed E-state index contributed by atoms with van der Waals surface area (Å²) in [5.41, 5.74) is 3.19. The van der Waals surface area contributed by atoms with Crippen molar-refractivity contribution in [2.45, 2.75) is 39.3 Å². The predicted octanol–water partition coefficient (Wildman–Crippen LogP) is 6.91. The van der Waals surface area contributed by atoms with Gasteiger partial charge in [-0.15, -0.1) is 11.3 Å². The standard InChI is InChI=1S/C25H25Cl2N3O2S/c1-4-32-25(2,3)22-15-33-24(28-22)29-23(31)11-17-14-30(13-16-7-5-6-8-20(16)27)21-10-9-18(26)12-19(17)21/h5-10,12,14-15H,4,11,13H2,1-3H3,(H,28,29,31). The summed E-state index contributed by atoms with van der Waals surface area (Å²) < 4.78 is 7.85. The van der Waals surface area contributed by atoms with E-state index in [0.29, 0.717) is 28.3 Å². The van der Waals surface area contributed by atoms with Crippen LogP contribution in [-0.2, 0) is 28.1 Å². The van der Waals surface area contributed by atoms with Gasteiger partial charge >= 0.3 is 0 Å². The molecule has 0 radical (unpaired) electrons. The second kappa shape index (κ2) is 9.85. The number of ether oxygens (including phenoxy) is 1. The SMILES string of the molecule is CCOC(C)(C)c1csc(NC(=O)Cc2cn(Cc3ccccc3Cl)c3ccc(Cl)cc23)n1. The number of benzene rings is 2. The first-order chi connectivity index (χ1) is 15.8. The zero-order valence-corrected chi connectivity index (χ0v) is 21.0. The van der Waals surface area contributed by atoms with E-state index in [-0.39, 0.29) is 12.3 Å². The van der Waals surface area contributed by atoms with Crippen LogP contribution in [0.4, 0.5) is 5.13 Å². The van der Waals surface area contributed by atoms with E-state index in [1.54, 1.807) is 0 Å². The first kappa shape index (κ1) is 23.8. The third-order valence-corrected chi connectivity index (χ3v) is 6.81. The second-order valence-electron chi connectivity index (χ2n) is 8.24. The quantitative estimate of drug-likeness (QED) is 0.285. The summed E-state index contributed by atoms with van der Waals surface area (Å²) in [5, 5.41) is 7.68. The number of carbonyl (C=O) groups is 1. The van der Waals surface area contributed by atoms with Gasteiger partial charge in [0.1, 0.15) is 5.60 Å². The van der Waals surface area contributed by atoms with E-state index < -0.39 is 5.60 Å². The van der Waals surface area contributed by atoms with E-state index in [9.17, 15) is 4.79 Å². The van der Waals surface area contributed by atoms with Gasteiger partial charge in [-0.2, -0.15) is 0 Å². The fourth-order valence-electron chi connectivity index (χ4n) is 3.80. The topological polar surface area (TPSA) is 56.1 Å². The van der Waals surface area contributed by atoms with Crippen LogP contribution in [0.3, 0.4) is 0 Å². The molecule has 0 unspecified atom stereocenters. The maximum Gasteiger partial charge on any atom is 0.230 e. The van der Waals surface area contributed by atoms with Gasteiger partial charge < -0.3 is 14.6 Å². The highest BCUT2D eigenvalue weighted by molar-refractivity contribution is 7.13. The maximum atomic E-state index is 12.9. The molecule has 0 fully saturated rings. The van der Waals surface area contributed by atoms with Crippen molar-refractivity contribution >= 4 is 56.5 Å². The minimum absolute atomic E-state index is 0.137. The first-order valence-electron chi connectivity index (χ1n) is 10.7. The van der Waals surface area contributed by atoms with Crippen LogP contribution < -0.4 is 5.32 Å². The number of rotatable bonds is 8. The summed E-state index contributed by atoms with van der Waals surface area (Å²) in [5.74, 6) is -0.137. The van der Waals surface area contributed by atoms with Gasteiger partial charge in [-0.1, -0.05) is 41.4 Å². The average molecular weight is 502 g/mol. The van der Waals surface area contributed by atoms with Gasteiger partial charge in [0, 0.05) is 45.7 Å². The molecule has 4 aromatic rings. The number of halogens is 2. The number of nitrogens with zero attached hydrogens (tertiary/aromatic N) is 2. The molecule has 0 bridgehead atoms. The molecule has 4 rings (SSSR count). The van der Waals surface area contributed by atoms with Crippen molar-refractivity contribution in [3.8, 4) is 0 Å². The molecule has 2 heterocycles. The van der Waals surface area contributed by atoms with Gasteiger partial charge in [-0.05, 0) is 56.2 Å². The number of amides is 1. The third kappa shape index (κ3) is 5.41. The number of nitrogens with one attached hydrogen (secondary N) is 1. The Morgan fingerprint density at radius 3 is 2.73 bits per heavy atom. The van der Waals surface area contributed by atoms with Crippen molar-refractivity contribution in [2.24, 2.45) is 0 Å². The number of anilines is 1. The van der Waals surface area contributed by atoms with Crippen molar-refractivity contribution in [1.29, 1.82) is 0 Å². The summed E-state index contributed by atoms with van der Waals surface area (Å²) >= 11 is 14.0. The predicted molar refractivity (Wildman–Crippen MR) is 137 cm³/mol. The molecule has 0 saturated carbocycles. The molecule has 0 aliphatic heterocycles. The highest BCUT2D eigenvalue weighted by Gasteiger charge is 2.24. The van der Waals surface area contributed by atoms with Crippen LogP contribution in [-0.4, -0.2) is 22.1 Å². The third-order valence-electron chi connectivity index (χ3n) is 5.45. The molecule has 2 aromatic carbocycles. The van der Waals surface area contributed by atoms with E-state index in [0.717, 1.165) is 27.7 Å². The summed E-state index contributed by atoms with van der Waals surface area (Å²) in [6.07, 6.45) is 2.20. The van der Waals surface area contributed by atoms with Gasteiger partial charge in [0.15, 0.2) is 5.13 Å². The molecular weight excluding hydrogens is 477 g/mol. The minimum atomic E-state index is -0.503. The molecule has 5 nitrogen and oxygen atoms in total. The molecule has 1 amide bonds. The van der Waals surface area contributed by atoms with Crippen LogP contribution in [0.1, 0.15) is 37.6 Å².